The fourth-order valence-electron chi connectivity index (χ4n) is 1.67. The fraction of sp³-hybridized carbons (Fsp3) is 0.133. The summed E-state index contributed by atoms with van der Waals surface area (Å²) in [5.74, 6) is 0. The van der Waals surface area contributed by atoms with Gasteiger partial charge in [0.05, 0.1) is 5.41 Å². The molecule has 1 rings (SSSR count). The van der Waals surface area contributed by atoms with Gasteiger partial charge in [-0.25, -0.2) is 0 Å². The second kappa shape index (κ2) is 5.26. The lowest BCUT2D eigenvalue weighted by molar-refractivity contribution is -0.111. The van der Waals surface area contributed by atoms with Crippen molar-refractivity contribution in [3.8, 4) is 0 Å². The van der Waals surface area contributed by atoms with Crippen LogP contribution < -0.4 is 0 Å². The van der Waals surface area contributed by atoms with E-state index < -0.39 is 5.41 Å². The van der Waals surface area contributed by atoms with Crippen LogP contribution in [0.25, 0.3) is 0 Å². The predicted molar refractivity (Wildman–Crippen MR) is 68.3 cm³/mol. The van der Waals surface area contributed by atoms with Crippen molar-refractivity contribution >= 4 is 6.29 Å². The van der Waals surface area contributed by atoms with Crippen molar-refractivity contribution in [3.63, 3.8) is 0 Å². The van der Waals surface area contributed by atoms with E-state index >= 15 is 0 Å². The molecule has 1 heteroatoms. The second-order valence-electron chi connectivity index (χ2n) is 3.75. The molecule has 0 N–H and O–H groups in total. The summed E-state index contributed by atoms with van der Waals surface area (Å²) >= 11 is 0. The number of carbonyl (C=O) groups is 1. The summed E-state index contributed by atoms with van der Waals surface area (Å²) in [4.78, 5) is 11.4. The Kier molecular flexibility index (Phi) is 4.01. The van der Waals surface area contributed by atoms with Crippen molar-refractivity contribution in [2.45, 2.75) is 12.3 Å². The maximum atomic E-state index is 11.4. The van der Waals surface area contributed by atoms with Gasteiger partial charge in [-0.3, -0.25) is 0 Å². The molecule has 1 unspecified atom stereocenters. The van der Waals surface area contributed by atoms with Gasteiger partial charge in [0.1, 0.15) is 6.29 Å². The number of aldehydes is 1. The molecule has 0 bridgehead atoms. The van der Waals surface area contributed by atoms with Crippen LogP contribution in [0.2, 0.25) is 0 Å². The number of carbonyl (C=O) groups excluding carboxylic acids is 1. The van der Waals surface area contributed by atoms with E-state index in [0.29, 0.717) is 0 Å². The lowest BCUT2D eigenvalue weighted by Crippen LogP contribution is -2.25. The first-order chi connectivity index (χ1) is 7.69. The molecule has 0 spiro atoms. The zero-order chi connectivity index (χ0) is 12.0. The standard InChI is InChI=1S/C15H16O/c1-4-9-13(5-2)15(3,12-16)14-10-7-6-8-11-14/h4-12H,1-2H2,3H3/b13-9+. The Morgan fingerprint density at radius 2 is 1.88 bits per heavy atom. The van der Waals surface area contributed by atoms with E-state index in [0.717, 1.165) is 17.4 Å². The van der Waals surface area contributed by atoms with Crippen LogP contribution in [-0.2, 0) is 10.2 Å². The molecule has 0 aliphatic rings. The van der Waals surface area contributed by atoms with Crippen molar-refractivity contribution in [1.29, 1.82) is 0 Å². The zero-order valence-electron chi connectivity index (χ0n) is 9.52. The third-order valence-corrected chi connectivity index (χ3v) is 2.73. The van der Waals surface area contributed by atoms with Gasteiger partial charge in [0, 0.05) is 0 Å². The van der Waals surface area contributed by atoms with Crippen molar-refractivity contribution in [2.24, 2.45) is 0 Å². The molecule has 1 nitrogen and oxygen atoms in total. The average molecular weight is 212 g/mol. The van der Waals surface area contributed by atoms with Gasteiger partial charge >= 0.3 is 0 Å². The Morgan fingerprint density at radius 3 is 2.31 bits per heavy atom. The summed E-state index contributed by atoms with van der Waals surface area (Å²) in [7, 11) is 0. The summed E-state index contributed by atoms with van der Waals surface area (Å²) in [5.41, 5.74) is 1.15. The molecule has 1 atom stereocenters. The van der Waals surface area contributed by atoms with Crippen molar-refractivity contribution in [1.82, 2.24) is 0 Å². The van der Waals surface area contributed by atoms with Crippen LogP contribution in [-0.4, -0.2) is 6.29 Å². The van der Waals surface area contributed by atoms with E-state index in [4.69, 9.17) is 0 Å². The smallest absolute Gasteiger partial charge is 0.134 e. The largest absolute Gasteiger partial charge is 0.302 e. The van der Waals surface area contributed by atoms with E-state index in [1.807, 2.05) is 43.3 Å². The van der Waals surface area contributed by atoms with Gasteiger partial charge < -0.3 is 4.79 Å². The minimum absolute atomic E-state index is 0.656. The van der Waals surface area contributed by atoms with Gasteiger partial charge in [-0.1, -0.05) is 61.7 Å². The monoisotopic (exact) mass is 212 g/mol. The first kappa shape index (κ1) is 12.2. The molecule has 82 valence electrons. The summed E-state index contributed by atoms with van der Waals surface area (Å²) in [5, 5.41) is 0. The van der Waals surface area contributed by atoms with Crippen LogP contribution in [0.5, 0.6) is 0 Å². The molecular weight excluding hydrogens is 196 g/mol. The third kappa shape index (κ3) is 2.19. The van der Waals surface area contributed by atoms with Gasteiger partial charge in [-0.05, 0) is 18.1 Å². The van der Waals surface area contributed by atoms with E-state index in [-0.39, 0.29) is 0 Å². The minimum Gasteiger partial charge on any atom is -0.302 e. The predicted octanol–water partition coefficient (Wildman–Crippen LogP) is 3.44. The molecule has 0 aliphatic heterocycles. The Bertz CT molecular complexity index is 414. The topological polar surface area (TPSA) is 17.1 Å². The lowest BCUT2D eigenvalue weighted by Gasteiger charge is -2.25. The first-order valence-corrected chi connectivity index (χ1v) is 5.16. The molecule has 0 saturated heterocycles. The summed E-state index contributed by atoms with van der Waals surface area (Å²) < 4.78 is 0. The van der Waals surface area contributed by atoms with Crippen LogP contribution in [0.4, 0.5) is 0 Å². The number of allylic oxidation sites excluding steroid dienone is 4. The highest BCUT2D eigenvalue weighted by Gasteiger charge is 2.28. The molecule has 0 amide bonds. The van der Waals surface area contributed by atoms with Crippen LogP contribution >= 0.6 is 0 Å². The molecule has 0 radical (unpaired) electrons. The number of hydrogen-bond donors (Lipinski definition) is 0. The maximum absolute atomic E-state index is 11.4. The molecule has 16 heavy (non-hydrogen) atoms. The highest BCUT2D eigenvalue weighted by Crippen LogP contribution is 2.30. The fourth-order valence-corrected chi connectivity index (χ4v) is 1.67. The summed E-state index contributed by atoms with van der Waals surface area (Å²) in [6, 6.07) is 9.65. The molecule has 0 fully saturated rings. The molecule has 0 saturated carbocycles. The summed E-state index contributed by atoms with van der Waals surface area (Å²) in [6.45, 7) is 9.28. The van der Waals surface area contributed by atoms with Gasteiger partial charge in [0.15, 0.2) is 0 Å². The van der Waals surface area contributed by atoms with Crippen molar-refractivity contribution in [2.75, 3.05) is 0 Å². The normalized spacial score (nSPS) is 14.9. The molecule has 1 aromatic rings. The second-order valence-corrected chi connectivity index (χ2v) is 3.75. The number of rotatable bonds is 5. The van der Waals surface area contributed by atoms with Crippen LogP contribution in [0, 0.1) is 0 Å². The lowest BCUT2D eigenvalue weighted by atomic mass is 9.77. The van der Waals surface area contributed by atoms with Gasteiger partial charge in [-0.15, -0.1) is 0 Å². The SMILES string of the molecule is C=C/C=C(\C=C)C(C)(C=O)c1ccccc1. The zero-order valence-corrected chi connectivity index (χ0v) is 9.52. The Morgan fingerprint density at radius 1 is 1.25 bits per heavy atom. The Labute approximate surface area is 96.8 Å². The quantitative estimate of drug-likeness (QED) is 0.539. The first-order valence-electron chi connectivity index (χ1n) is 5.16. The summed E-state index contributed by atoms with van der Waals surface area (Å²) in [6.07, 6.45) is 6.12. The molecule has 1 aromatic carbocycles. The maximum Gasteiger partial charge on any atom is 0.134 e. The number of hydrogen-bond acceptors (Lipinski definition) is 1. The highest BCUT2D eigenvalue weighted by molar-refractivity contribution is 5.75. The Balaban J connectivity index is 3.31. The van der Waals surface area contributed by atoms with Crippen LogP contribution in [0.1, 0.15) is 12.5 Å². The van der Waals surface area contributed by atoms with E-state index in [2.05, 4.69) is 13.2 Å². The van der Waals surface area contributed by atoms with Gasteiger partial charge in [0.25, 0.3) is 0 Å². The average Bonchev–Trinajstić information content (AvgIpc) is 2.36. The van der Waals surface area contributed by atoms with Crippen LogP contribution in [0.15, 0.2) is 67.3 Å². The molecule has 0 aliphatic carbocycles. The van der Waals surface area contributed by atoms with E-state index in [1.165, 1.54) is 0 Å². The highest BCUT2D eigenvalue weighted by atomic mass is 16.1. The minimum atomic E-state index is -0.656. The Hall–Kier alpha value is -1.89. The molecule has 0 aromatic heterocycles. The van der Waals surface area contributed by atoms with Crippen LogP contribution in [0.3, 0.4) is 0 Å². The van der Waals surface area contributed by atoms with Crippen molar-refractivity contribution in [3.05, 3.63) is 72.9 Å². The van der Waals surface area contributed by atoms with Gasteiger partial charge in [-0.2, -0.15) is 0 Å². The molecular formula is C15H16O. The van der Waals surface area contributed by atoms with Crippen molar-refractivity contribution < 1.29 is 4.79 Å². The molecule has 0 heterocycles. The number of benzene rings is 1. The third-order valence-electron chi connectivity index (χ3n) is 2.73. The van der Waals surface area contributed by atoms with E-state index in [1.54, 1.807) is 12.2 Å². The van der Waals surface area contributed by atoms with E-state index in [9.17, 15) is 4.79 Å². The van der Waals surface area contributed by atoms with Gasteiger partial charge in [0.2, 0.25) is 0 Å².